The smallest absolute Gasteiger partial charge is 0.279 e. The van der Waals surface area contributed by atoms with E-state index in [1.165, 1.54) is 54.7 Å². The summed E-state index contributed by atoms with van der Waals surface area (Å²) in [5.74, 6) is -0.937. The summed E-state index contributed by atoms with van der Waals surface area (Å²) in [7, 11) is -3.84. The van der Waals surface area contributed by atoms with E-state index in [2.05, 4.69) is 25.4 Å². The maximum atomic E-state index is 12.8. The van der Waals surface area contributed by atoms with Crippen LogP contribution in [-0.4, -0.2) is 42.1 Å². The molecule has 13 heteroatoms. The number of phenolic OH excluding ortho intramolecular Hbond substituents is 1. The Kier molecular flexibility index (Phi) is 6.89. The van der Waals surface area contributed by atoms with Crippen molar-refractivity contribution in [1.82, 2.24) is 15.4 Å². The number of nitrogens with one attached hydrogen (secondary N) is 2. The van der Waals surface area contributed by atoms with Gasteiger partial charge in [0.15, 0.2) is 6.73 Å². The highest BCUT2D eigenvalue weighted by atomic mass is 32.2. The first-order valence-corrected chi connectivity index (χ1v) is 12.9. The second kappa shape index (κ2) is 10.6. The van der Waals surface area contributed by atoms with Crippen molar-refractivity contribution in [3.05, 3.63) is 102 Å². The number of carbonyl (C=O) groups excluding carboxylic acids is 2. The second-order valence-corrected chi connectivity index (χ2v) is 9.84. The van der Waals surface area contributed by atoms with Gasteiger partial charge in [-0.1, -0.05) is 18.2 Å². The maximum absolute atomic E-state index is 12.8. The first-order valence-electron chi connectivity index (χ1n) is 11.4. The number of nitrogens with zero attached hydrogens (tertiary/aromatic N) is 4. The molecule has 0 unspecified atom stereocenters. The Labute approximate surface area is 222 Å². The van der Waals surface area contributed by atoms with E-state index in [4.69, 9.17) is 4.74 Å². The molecule has 0 atom stereocenters. The monoisotopic (exact) mass is 544 g/mol. The number of pyridine rings is 1. The van der Waals surface area contributed by atoms with Crippen LogP contribution in [0.1, 0.15) is 20.7 Å². The SMILES string of the molecule is O=C(NN1COc2ccccc2C1=O)c1cc(/N=N/c2ccc(S(=O)(=O)Nc3ccccn3)cc2)ccc1O. The fourth-order valence-electron chi connectivity index (χ4n) is 3.57. The first-order chi connectivity index (χ1) is 18.8. The molecule has 0 radical (unpaired) electrons. The van der Waals surface area contributed by atoms with Crippen molar-refractivity contribution in [2.45, 2.75) is 4.90 Å². The van der Waals surface area contributed by atoms with Gasteiger partial charge < -0.3 is 9.84 Å². The molecule has 0 aliphatic carbocycles. The number of hydrogen-bond acceptors (Lipinski definition) is 9. The van der Waals surface area contributed by atoms with E-state index >= 15 is 0 Å². The maximum Gasteiger partial charge on any atom is 0.279 e. The Morgan fingerprint density at radius 2 is 1.67 bits per heavy atom. The van der Waals surface area contributed by atoms with Gasteiger partial charge in [-0.3, -0.25) is 19.7 Å². The molecule has 0 saturated heterocycles. The third-order valence-corrected chi connectivity index (χ3v) is 6.88. The van der Waals surface area contributed by atoms with Crippen LogP contribution in [0.4, 0.5) is 17.2 Å². The molecule has 0 saturated carbocycles. The molecular formula is C26H20N6O6S. The van der Waals surface area contributed by atoms with E-state index in [-0.39, 0.29) is 34.4 Å². The summed E-state index contributed by atoms with van der Waals surface area (Å²) >= 11 is 0. The van der Waals surface area contributed by atoms with Gasteiger partial charge in [0.25, 0.3) is 21.8 Å². The number of phenols is 1. The third kappa shape index (κ3) is 5.67. The quantitative estimate of drug-likeness (QED) is 0.294. The number of sulfonamides is 1. The summed E-state index contributed by atoms with van der Waals surface area (Å²) in [5.41, 5.74) is 3.16. The highest BCUT2D eigenvalue weighted by molar-refractivity contribution is 7.92. The van der Waals surface area contributed by atoms with Crippen molar-refractivity contribution in [2.24, 2.45) is 10.2 Å². The average molecular weight is 545 g/mol. The van der Waals surface area contributed by atoms with Crippen LogP contribution in [0.5, 0.6) is 11.5 Å². The van der Waals surface area contributed by atoms with Gasteiger partial charge in [0.1, 0.15) is 17.3 Å². The summed E-state index contributed by atoms with van der Waals surface area (Å²) in [4.78, 5) is 29.4. The van der Waals surface area contributed by atoms with E-state index in [0.29, 0.717) is 17.0 Å². The van der Waals surface area contributed by atoms with Crippen molar-refractivity contribution < 1.29 is 27.9 Å². The first kappa shape index (κ1) is 25.4. The number of carbonyl (C=O) groups is 2. The van der Waals surface area contributed by atoms with E-state index in [9.17, 15) is 23.1 Å². The van der Waals surface area contributed by atoms with Gasteiger partial charge in [0.05, 0.1) is 27.4 Å². The molecule has 39 heavy (non-hydrogen) atoms. The molecule has 2 amide bonds. The van der Waals surface area contributed by atoms with E-state index in [0.717, 1.165) is 5.01 Å². The van der Waals surface area contributed by atoms with Crippen LogP contribution in [-0.2, 0) is 10.0 Å². The summed E-state index contributed by atoms with van der Waals surface area (Å²) in [6.45, 7) is -0.204. The van der Waals surface area contributed by atoms with Crippen LogP contribution >= 0.6 is 0 Å². The molecule has 2 heterocycles. The topological polar surface area (TPSA) is 163 Å². The van der Waals surface area contributed by atoms with E-state index < -0.39 is 21.8 Å². The normalized spacial score (nSPS) is 13.0. The molecule has 1 aliphatic rings. The lowest BCUT2D eigenvalue weighted by Crippen LogP contribution is -2.50. The zero-order valence-corrected chi connectivity index (χ0v) is 20.9. The van der Waals surface area contributed by atoms with Crippen LogP contribution in [0, 0.1) is 0 Å². The van der Waals surface area contributed by atoms with Crippen molar-refractivity contribution in [2.75, 3.05) is 11.5 Å². The van der Waals surface area contributed by atoms with Crippen molar-refractivity contribution in [3.8, 4) is 11.5 Å². The minimum atomic E-state index is -3.84. The molecule has 196 valence electrons. The lowest BCUT2D eigenvalue weighted by molar-refractivity contribution is 0.0318. The lowest BCUT2D eigenvalue weighted by Gasteiger charge is -2.28. The van der Waals surface area contributed by atoms with Crippen molar-refractivity contribution in [3.63, 3.8) is 0 Å². The number of aromatic nitrogens is 1. The number of benzene rings is 3. The minimum Gasteiger partial charge on any atom is -0.507 e. The standard InChI is InChI=1S/C26H20N6O6S/c33-22-13-10-18(15-21(22)25(34)30-32-16-38-23-6-2-1-5-20(23)26(32)35)29-28-17-8-11-19(12-9-17)39(36,37)31-24-7-3-4-14-27-24/h1-15,33H,16H2,(H,27,31)(H,30,34)/b29-28+. The number of azo groups is 1. The number of ether oxygens (including phenoxy) is 1. The van der Waals surface area contributed by atoms with Crippen LogP contribution in [0.3, 0.4) is 0 Å². The number of anilines is 1. The predicted octanol–water partition coefficient (Wildman–Crippen LogP) is 4.14. The molecule has 1 aromatic heterocycles. The number of hydrogen-bond donors (Lipinski definition) is 3. The second-order valence-electron chi connectivity index (χ2n) is 8.16. The molecule has 0 spiro atoms. The van der Waals surface area contributed by atoms with Crippen LogP contribution in [0.25, 0.3) is 0 Å². The summed E-state index contributed by atoms with van der Waals surface area (Å²) in [6, 6.07) is 21.2. The molecule has 3 N–H and O–H groups in total. The van der Waals surface area contributed by atoms with E-state index in [1.54, 1.807) is 36.4 Å². The van der Waals surface area contributed by atoms with Gasteiger partial charge in [-0.05, 0) is 66.7 Å². The van der Waals surface area contributed by atoms with Gasteiger partial charge in [-0.25, -0.2) is 18.4 Å². The Morgan fingerprint density at radius 3 is 2.44 bits per heavy atom. The number of para-hydroxylation sites is 1. The number of fused-ring (bicyclic) bond motifs is 1. The van der Waals surface area contributed by atoms with Gasteiger partial charge in [0, 0.05) is 6.20 Å². The zero-order chi connectivity index (χ0) is 27.4. The van der Waals surface area contributed by atoms with Crippen molar-refractivity contribution >= 4 is 39.0 Å². The fourth-order valence-corrected chi connectivity index (χ4v) is 4.58. The van der Waals surface area contributed by atoms with Crippen LogP contribution in [0.2, 0.25) is 0 Å². The number of aromatic hydroxyl groups is 1. The Hall–Kier alpha value is -5.30. The Bertz CT molecular complexity index is 1680. The van der Waals surface area contributed by atoms with Crippen molar-refractivity contribution in [1.29, 1.82) is 0 Å². The number of amides is 2. The van der Waals surface area contributed by atoms with Gasteiger partial charge in [-0.15, -0.1) is 0 Å². The highest BCUT2D eigenvalue weighted by Gasteiger charge is 2.27. The van der Waals surface area contributed by atoms with E-state index in [1.807, 2.05) is 0 Å². The third-order valence-electron chi connectivity index (χ3n) is 5.50. The molecule has 0 bridgehead atoms. The molecule has 5 rings (SSSR count). The molecule has 1 aliphatic heterocycles. The highest BCUT2D eigenvalue weighted by Crippen LogP contribution is 2.27. The zero-order valence-electron chi connectivity index (χ0n) is 20.1. The molecular weight excluding hydrogens is 524 g/mol. The summed E-state index contributed by atoms with van der Waals surface area (Å²) < 4.78 is 33.0. The number of hydrazine groups is 1. The van der Waals surface area contributed by atoms with Gasteiger partial charge in [0.2, 0.25) is 0 Å². The average Bonchev–Trinajstić information content (AvgIpc) is 2.95. The molecule has 4 aromatic rings. The van der Waals surface area contributed by atoms with Crippen LogP contribution in [0.15, 0.2) is 106 Å². The minimum absolute atomic E-state index is 0.00885. The largest absolute Gasteiger partial charge is 0.507 e. The fraction of sp³-hybridized carbons (Fsp3) is 0.0385. The molecule has 0 fully saturated rings. The van der Waals surface area contributed by atoms with Gasteiger partial charge in [-0.2, -0.15) is 10.2 Å². The van der Waals surface area contributed by atoms with Crippen LogP contribution < -0.4 is 14.9 Å². The summed E-state index contributed by atoms with van der Waals surface area (Å²) in [6.07, 6.45) is 1.47. The number of rotatable bonds is 7. The van der Waals surface area contributed by atoms with Gasteiger partial charge >= 0.3 is 0 Å². The Morgan fingerprint density at radius 1 is 0.949 bits per heavy atom. The summed E-state index contributed by atoms with van der Waals surface area (Å²) in [5, 5.41) is 19.3. The molecule has 3 aromatic carbocycles. The lowest BCUT2D eigenvalue weighted by atomic mass is 10.1. The molecule has 12 nitrogen and oxygen atoms in total. The Balaban J connectivity index is 1.27. The predicted molar refractivity (Wildman–Crippen MR) is 139 cm³/mol.